The molecular weight excluding hydrogens is 464 g/mol. The molecule has 1 saturated heterocycles. The molecule has 3 N–H and O–H groups in total. The van der Waals surface area contributed by atoms with Crippen molar-refractivity contribution in [3.63, 3.8) is 0 Å². The summed E-state index contributed by atoms with van der Waals surface area (Å²) in [6.45, 7) is 7.70. The number of aromatic carboxylic acids is 1. The number of hydrogen-bond donors (Lipinski definition) is 3. The molecule has 1 aromatic carbocycles. The summed E-state index contributed by atoms with van der Waals surface area (Å²) in [7, 11) is 0. The Morgan fingerprint density at radius 2 is 1.83 bits per heavy atom. The summed E-state index contributed by atoms with van der Waals surface area (Å²) in [6, 6.07) is 8.30. The van der Waals surface area contributed by atoms with Gasteiger partial charge in [-0.25, -0.2) is 4.79 Å². The highest BCUT2D eigenvalue weighted by Gasteiger charge is 2.88. The van der Waals surface area contributed by atoms with Crippen LogP contribution in [0.3, 0.4) is 0 Å². The lowest BCUT2D eigenvalue weighted by atomic mass is 9.22. The van der Waals surface area contributed by atoms with Crippen molar-refractivity contribution in [3.8, 4) is 0 Å². The second kappa shape index (κ2) is 7.97. The van der Waals surface area contributed by atoms with Crippen molar-refractivity contribution >= 4 is 17.7 Å². The molecule has 1 unspecified atom stereocenters. The fourth-order valence-corrected chi connectivity index (χ4v) is 8.40. The maximum Gasteiger partial charge on any atom is 0.335 e. The van der Waals surface area contributed by atoms with E-state index in [0.29, 0.717) is 37.9 Å². The third-order valence-electron chi connectivity index (χ3n) is 10.2. The third kappa shape index (κ3) is 2.83. The number of benzene rings is 1. The number of fused-ring (bicyclic) bond motifs is 1. The highest BCUT2D eigenvalue weighted by atomic mass is 16.5. The standard InChI is InChI=1S/C21H28O6.C7H6O2/c1-10-5-6-20(25)9-21-12-8-26-13(12)7-14(23)18(21,3)17(24)16(27-11(2)22)15(10)19(20,21)4;8-7(9)6-4-2-1-3-5-6/h12-14,16,23,25H,5-9H2,1-4H3;1-5H,(H,8,9)/t12-,13-,14+,16-,18+,19+,20-,21?;/m1./s1. The number of rotatable bonds is 2. The maximum absolute atomic E-state index is 13.8. The number of aliphatic hydroxyl groups excluding tert-OH is 1. The predicted octanol–water partition coefficient (Wildman–Crippen LogP) is 2.91. The predicted molar refractivity (Wildman–Crippen MR) is 128 cm³/mol. The van der Waals surface area contributed by atoms with Gasteiger partial charge in [0.1, 0.15) is 0 Å². The molecule has 1 heterocycles. The number of ether oxygens (including phenoxy) is 2. The average Bonchev–Trinajstić information content (AvgIpc) is 2.81. The Labute approximate surface area is 210 Å². The number of hydrogen-bond acceptors (Lipinski definition) is 7. The molecule has 36 heavy (non-hydrogen) atoms. The molecule has 0 radical (unpaired) electrons. The Kier molecular flexibility index (Phi) is 5.56. The van der Waals surface area contributed by atoms with Crippen molar-refractivity contribution in [2.24, 2.45) is 22.2 Å². The normalized spacial score (nSPS) is 43.9. The molecular formula is C28H34O8. The van der Waals surface area contributed by atoms with E-state index in [-0.39, 0.29) is 17.8 Å². The number of allylic oxidation sites excluding steroid dienone is 1. The molecule has 1 spiro atoms. The van der Waals surface area contributed by atoms with Gasteiger partial charge in [0.25, 0.3) is 0 Å². The molecule has 4 aliphatic carbocycles. The van der Waals surface area contributed by atoms with Gasteiger partial charge in [0.15, 0.2) is 11.9 Å². The number of carboxylic acids is 1. The largest absolute Gasteiger partial charge is 0.478 e. The Balaban J connectivity index is 0.000000252. The molecule has 6 rings (SSSR count). The van der Waals surface area contributed by atoms with Crippen molar-refractivity contribution in [1.29, 1.82) is 0 Å². The van der Waals surface area contributed by atoms with Crippen LogP contribution in [-0.2, 0) is 19.1 Å². The van der Waals surface area contributed by atoms with Gasteiger partial charge in [0, 0.05) is 30.1 Å². The zero-order valence-corrected chi connectivity index (χ0v) is 21.1. The molecule has 1 aliphatic heterocycles. The van der Waals surface area contributed by atoms with Gasteiger partial charge in [0.05, 0.1) is 35.4 Å². The second-order valence-corrected chi connectivity index (χ2v) is 11.5. The van der Waals surface area contributed by atoms with Gasteiger partial charge < -0.3 is 24.8 Å². The number of carbonyl (C=O) groups excluding carboxylic acids is 2. The van der Waals surface area contributed by atoms with Gasteiger partial charge in [0.2, 0.25) is 0 Å². The van der Waals surface area contributed by atoms with Gasteiger partial charge in [-0.3, -0.25) is 9.59 Å². The van der Waals surface area contributed by atoms with Crippen LogP contribution in [0.25, 0.3) is 0 Å². The van der Waals surface area contributed by atoms with Crippen molar-refractivity contribution in [2.45, 2.75) is 77.3 Å². The van der Waals surface area contributed by atoms with E-state index in [9.17, 15) is 24.6 Å². The summed E-state index contributed by atoms with van der Waals surface area (Å²) in [5.74, 6) is -1.49. The van der Waals surface area contributed by atoms with Gasteiger partial charge in [-0.15, -0.1) is 0 Å². The van der Waals surface area contributed by atoms with Gasteiger partial charge >= 0.3 is 11.9 Å². The topological polar surface area (TPSA) is 130 Å². The van der Waals surface area contributed by atoms with Crippen molar-refractivity contribution in [1.82, 2.24) is 0 Å². The molecule has 0 amide bonds. The zero-order valence-electron chi connectivity index (χ0n) is 21.1. The average molecular weight is 499 g/mol. The molecule has 194 valence electrons. The SMILES string of the molecule is CC(=O)O[C@H]1C(=O)[C@]2(C)[C@@H](O)C[C@H]3OC[C@H]3C23C[C@]2(O)CCC(C)=C1[C@]32C.O=C(O)c1ccccc1. The molecule has 8 atom stereocenters. The van der Waals surface area contributed by atoms with E-state index in [4.69, 9.17) is 14.6 Å². The van der Waals surface area contributed by atoms with E-state index < -0.39 is 46.0 Å². The van der Waals surface area contributed by atoms with Crippen molar-refractivity contribution in [3.05, 3.63) is 47.0 Å². The molecule has 0 bridgehead atoms. The molecule has 8 heteroatoms. The molecule has 8 nitrogen and oxygen atoms in total. The molecule has 1 aromatic rings. The van der Waals surface area contributed by atoms with Crippen LogP contribution in [0.4, 0.5) is 0 Å². The lowest BCUT2D eigenvalue weighted by molar-refractivity contribution is -0.385. The first-order chi connectivity index (χ1) is 16.8. The Bertz CT molecular complexity index is 1160. The number of aliphatic hydroxyl groups is 2. The quantitative estimate of drug-likeness (QED) is 0.419. The van der Waals surface area contributed by atoms with E-state index in [0.717, 1.165) is 11.1 Å². The summed E-state index contributed by atoms with van der Waals surface area (Å²) in [4.78, 5) is 35.8. The summed E-state index contributed by atoms with van der Waals surface area (Å²) in [5, 5.41) is 31.1. The van der Waals surface area contributed by atoms with Crippen LogP contribution in [0.2, 0.25) is 0 Å². The third-order valence-corrected chi connectivity index (χ3v) is 10.2. The van der Waals surface area contributed by atoms with Crippen LogP contribution in [-0.4, -0.2) is 63.6 Å². The van der Waals surface area contributed by atoms with Crippen LogP contribution < -0.4 is 0 Å². The summed E-state index contributed by atoms with van der Waals surface area (Å²) >= 11 is 0. The zero-order chi connectivity index (χ0) is 26.3. The molecule has 5 aliphatic rings. The monoisotopic (exact) mass is 498 g/mol. The van der Waals surface area contributed by atoms with Crippen molar-refractivity contribution < 1.29 is 39.2 Å². The minimum atomic E-state index is -1.07. The van der Waals surface area contributed by atoms with Crippen molar-refractivity contribution in [2.75, 3.05) is 6.61 Å². The summed E-state index contributed by atoms with van der Waals surface area (Å²) in [6.07, 6.45) is 0.242. The lowest BCUT2D eigenvalue weighted by Gasteiger charge is -2.82. The van der Waals surface area contributed by atoms with E-state index in [1.165, 1.54) is 6.92 Å². The summed E-state index contributed by atoms with van der Waals surface area (Å²) in [5.41, 5.74) is -1.16. The van der Waals surface area contributed by atoms with Crippen LogP contribution in [0.1, 0.15) is 63.7 Å². The minimum absolute atomic E-state index is 0.0731. The fraction of sp³-hybridized carbons (Fsp3) is 0.607. The van der Waals surface area contributed by atoms with Gasteiger partial charge in [-0.2, -0.15) is 0 Å². The molecule has 3 saturated carbocycles. The number of carbonyl (C=O) groups is 3. The minimum Gasteiger partial charge on any atom is -0.478 e. The second-order valence-electron chi connectivity index (χ2n) is 11.5. The van der Waals surface area contributed by atoms with Crippen LogP contribution in [0, 0.1) is 22.2 Å². The molecule has 4 fully saturated rings. The number of ketones is 1. The molecule has 0 aromatic heterocycles. The van der Waals surface area contributed by atoms with Gasteiger partial charge in [-0.1, -0.05) is 30.7 Å². The first-order valence-electron chi connectivity index (χ1n) is 12.6. The first kappa shape index (κ1) is 25.1. The van der Waals surface area contributed by atoms with E-state index >= 15 is 0 Å². The highest BCUT2D eigenvalue weighted by molar-refractivity contribution is 5.97. The Morgan fingerprint density at radius 3 is 2.36 bits per heavy atom. The number of Topliss-reactive ketones (excluding diaryl/α,β-unsaturated/α-hetero) is 1. The van der Waals surface area contributed by atoms with Crippen LogP contribution in [0.5, 0.6) is 0 Å². The first-order valence-corrected chi connectivity index (χ1v) is 12.6. The highest BCUT2D eigenvalue weighted by Crippen LogP contribution is 2.83. The number of esters is 1. The maximum atomic E-state index is 13.8. The van der Waals surface area contributed by atoms with Gasteiger partial charge in [-0.05, 0) is 50.8 Å². The van der Waals surface area contributed by atoms with E-state index in [2.05, 4.69) is 0 Å². The van der Waals surface area contributed by atoms with Crippen LogP contribution >= 0.6 is 0 Å². The fourth-order valence-electron chi connectivity index (χ4n) is 8.40. The van der Waals surface area contributed by atoms with Crippen LogP contribution in [0.15, 0.2) is 41.5 Å². The van der Waals surface area contributed by atoms with E-state index in [1.54, 1.807) is 30.3 Å². The number of carboxylic acid groups (broad SMARTS) is 1. The Hall–Kier alpha value is -2.55. The lowest BCUT2D eigenvalue weighted by Crippen LogP contribution is -2.88. The smallest absolute Gasteiger partial charge is 0.335 e. The Morgan fingerprint density at radius 1 is 1.17 bits per heavy atom. The summed E-state index contributed by atoms with van der Waals surface area (Å²) < 4.78 is 11.3. The van der Waals surface area contributed by atoms with E-state index in [1.807, 2.05) is 20.8 Å².